The lowest BCUT2D eigenvalue weighted by atomic mass is 10.1. The van der Waals surface area contributed by atoms with E-state index in [4.69, 9.17) is 14.2 Å². The number of carbonyl (C=O) groups is 4. The Morgan fingerprint density at radius 3 is 2.25 bits per heavy atom. The van der Waals surface area contributed by atoms with Crippen molar-refractivity contribution in [2.45, 2.75) is 52.2 Å². The van der Waals surface area contributed by atoms with Crippen molar-refractivity contribution in [2.24, 2.45) is 0 Å². The summed E-state index contributed by atoms with van der Waals surface area (Å²) >= 11 is 0. The minimum absolute atomic E-state index is 0.00732. The van der Waals surface area contributed by atoms with Crippen LogP contribution < -0.4 is 10.1 Å². The van der Waals surface area contributed by atoms with Gasteiger partial charge in [-0.25, -0.2) is 9.78 Å². The maximum absolute atomic E-state index is 13.5. The molecule has 0 radical (unpaired) electrons. The largest absolute Gasteiger partial charge is 0.481 e. The Kier molecular flexibility index (Phi) is 10.4. The summed E-state index contributed by atoms with van der Waals surface area (Å²) in [4.78, 5) is 63.2. The number of hydrogen-bond acceptors (Lipinski definition) is 9. The average Bonchev–Trinajstić information content (AvgIpc) is 2.94. The molecule has 1 aromatic carbocycles. The second-order valence-electron chi connectivity index (χ2n) is 10.1. The van der Waals surface area contributed by atoms with Gasteiger partial charge in [0.15, 0.2) is 5.82 Å². The molecule has 1 unspecified atom stereocenters. The maximum atomic E-state index is 13.5. The molecule has 40 heavy (non-hydrogen) atoms. The van der Waals surface area contributed by atoms with Crippen LogP contribution in [0.4, 0.5) is 4.79 Å². The molecule has 0 bridgehead atoms. The molecule has 0 saturated carbocycles. The van der Waals surface area contributed by atoms with Gasteiger partial charge in [-0.1, -0.05) is 30.3 Å². The van der Waals surface area contributed by atoms with E-state index in [0.29, 0.717) is 18.7 Å². The topological polar surface area (TPSA) is 140 Å². The molecule has 12 nitrogen and oxygen atoms in total. The Morgan fingerprint density at radius 2 is 1.65 bits per heavy atom. The fourth-order valence-corrected chi connectivity index (χ4v) is 4.05. The van der Waals surface area contributed by atoms with Crippen LogP contribution >= 0.6 is 0 Å². The van der Waals surface area contributed by atoms with Crippen LogP contribution in [0.25, 0.3) is 11.4 Å². The first kappa shape index (κ1) is 30.3. The van der Waals surface area contributed by atoms with Crippen LogP contribution in [0.15, 0.2) is 36.4 Å². The van der Waals surface area contributed by atoms with Crippen LogP contribution in [0.5, 0.6) is 5.88 Å². The molecule has 216 valence electrons. The molecule has 1 saturated heterocycles. The molecule has 0 spiro atoms. The summed E-state index contributed by atoms with van der Waals surface area (Å²) < 4.78 is 15.7. The van der Waals surface area contributed by atoms with Gasteiger partial charge in [-0.2, -0.15) is 4.98 Å². The van der Waals surface area contributed by atoms with Crippen LogP contribution in [0.1, 0.15) is 51.0 Å². The highest BCUT2D eigenvalue weighted by molar-refractivity contribution is 5.96. The molecule has 1 fully saturated rings. The number of piperazine rings is 1. The Bertz CT molecular complexity index is 1190. The van der Waals surface area contributed by atoms with E-state index in [2.05, 4.69) is 15.3 Å². The zero-order valence-corrected chi connectivity index (χ0v) is 23.6. The second-order valence-corrected chi connectivity index (χ2v) is 10.1. The maximum Gasteiger partial charge on any atom is 0.409 e. The molecule has 3 rings (SSSR count). The van der Waals surface area contributed by atoms with E-state index in [-0.39, 0.29) is 55.8 Å². The second kappa shape index (κ2) is 13.7. The van der Waals surface area contributed by atoms with Crippen molar-refractivity contribution in [1.29, 1.82) is 0 Å². The van der Waals surface area contributed by atoms with Crippen LogP contribution in [0.3, 0.4) is 0 Å². The molecule has 12 heteroatoms. The summed E-state index contributed by atoms with van der Waals surface area (Å²) in [6.45, 7) is 8.36. The van der Waals surface area contributed by atoms with E-state index in [1.54, 1.807) is 44.7 Å². The first-order valence-electron chi connectivity index (χ1n) is 13.2. The Morgan fingerprint density at radius 1 is 1.00 bits per heavy atom. The summed E-state index contributed by atoms with van der Waals surface area (Å²) in [6.07, 6.45) is -0.499. The van der Waals surface area contributed by atoms with Gasteiger partial charge in [-0.05, 0) is 34.1 Å². The number of carbonyl (C=O) groups excluding carboxylic acids is 4. The highest BCUT2D eigenvalue weighted by Gasteiger charge is 2.32. The van der Waals surface area contributed by atoms with Crippen molar-refractivity contribution in [3.63, 3.8) is 0 Å². The minimum atomic E-state index is -1.03. The molecule has 3 amide bonds. The molecule has 0 aliphatic carbocycles. The molecule has 1 aliphatic rings. The van der Waals surface area contributed by atoms with E-state index in [9.17, 15) is 19.2 Å². The molecule has 1 aromatic heterocycles. The smallest absolute Gasteiger partial charge is 0.409 e. The van der Waals surface area contributed by atoms with Crippen molar-refractivity contribution in [3.05, 3.63) is 42.1 Å². The van der Waals surface area contributed by atoms with Gasteiger partial charge in [-0.3, -0.25) is 14.4 Å². The normalized spacial score (nSPS) is 14.2. The zero-order chi connectivity index (χ0) is 29.3. The number of aromatic nitrogens is 2. The number of hydrogen-bond donors (Lipinski definition) is 1. The van der Waals surface area contributed by atoms with Crippen molar-refractivity contribution in [1.82, 2.24) is 25.1 Å². The Labute approximate surface area is 234 Å². The quantitative estimate of drug-likeness (QED) is 0.463. The summed E-state index contributed by atoms with van der Waals surface area (Å²) in [5.74, 6) is -1.00. The third kappa shape index (κ3) is 8.65. The Hall–Kier alpha value is -4.22. The van der Waals surface area contributed by atoms with Crippen LogP contribution in [0, 0.1) is 0 Å². The number of nitrogens with one attached hydrogen (secondary N) is 1. The molecule has 1 N–H and O–H groups in total. The zero-order valence-electron chi connectivity index (χ0n) is 23.6. The van der Waals surface area contributed by atoms with Gasteiger partial charge in [-0.15, -0.1) is 0 Å². The van der Waals surface area contributed by atoms with Crippen molar-refractivity contribution < 1.29 is 33.4 Å². The Balaban J connectivity index is 1.79. The van der Waals surface area contributed by atoms with Gasteiger partial charge in [0, 0.05) is 44.2 Å². The third-order valence-corrected chi connectivity index (χ3v) is 5.95. The van der Waals surface area contributed by atoms with Crippen molar-refractivity contribution in [3.8, 4) is 17.3 Å². The highest BCUT2D eigenvalue weighted by atomic mass is 16.6. The molecule has 1 aliphatic heterocycles. The lowest BCUT2D eigenvalue weighted by molar-refractivity contribution is -0.155. The first-order valence-corrected chi connectivity index (χ1v) is 13.2. The molecular formula is C28H37N5O7. The monoisotopic (exact) mass is 555 g/mol. The predicted octanol–water partition coefficient (Wildman–Crippen LogP) is 2.67. The third-order valence-electron chi connectivity index (χ3n) is 5.95. The molecule has 2 heterocycles. The SMILES string of the molecule is CCOC(=O)N1CCN(C(=O)C(CCC(=O)OC(C)(C)C)NC(=O)c2cc(OC)nc(-c3ccccc3)n2)CC1. The predicted molar refractivity (Wildman–Crippen MR) is 146 cm³/mol. The van der Waals surface area contributed by atoms with Gasteiger partial charge in [0.2, 0.25) is 11.8 Å². The van der Waals surface area contributed by atoms with Crippen LogP contribution in [-0.2, 0) is 19.1 Å². The molecule has 2 aromatic rings. The summed E-state index contributed by atoms with van der Waals surface area (Å²) in [7, 11) is 1.43. The van der Waals surface area contributed by atoms with Gasteiger partial charge in [0.05, 0.1) is 13.7 Å². The highest BCUT2D eigenvalue weighted by Crippen LogP contribution is 2.19. The molecular weight excluding hydrogens is 518 g/mol. The fourth-order valence-electron chi connectivity index (χ4n) is 4.05. The number of benzene rings is 1. The standard InChI is InChI=1S/C28H37N5O7/c1-6-39-27(37)33-16-14-32(15-17-33)26(36)20(12-13-23(34)40-28(2,3)4)30-25(35)21-18-22(38-5)31-24(29-21)19-10-8-7-9-11-19/h7-11,18,20H,6,12-17H2,1-5H3,(H,30,35). The van der Waals surface area contributed by atoms with Gasteiger partial charge < -0.3 is 29.3 Å². The van der Waals surface area contributed by atoms with Crippen LogP contribution in [0.2, 0.25) is 0 Å². The summed E-state index contributed by atoms with van der Waals surface area (Å²) in [6, 6.07) is 9.46. The van der Waals surface area contributed by atoms with E-state index < -0.39 is 29.6 Å². The lowest BCUT2D eigenvalue weighted by Gasteiger charge is -2.36. The number of methoxy groups -OCH3 is 1. The number of esters is 1. The lowest BCUT2D eigenvalue weighted by Crippen LogP contribution is -2.56. The van der Waals surface area contributed by atoms with E-state index in [0.717, 1.165) is 0 Å². The average molecular weight is 556 g/mol. The number of nitrogens with zero attached hydrogens (tertiary/aromatic N) is 4. The minimum Gasteiger partial charge on any atom is -0.481 e. The fraction of sp³-hybridized carbons (Fsp3) is 0.500. The summed E-state index contributed by atoms with van der Waals surface area (Å²) in [5, 5.41) is 2.74. The van der Waals surface area contributed by atoms with Gasteiger partial charge in [0.25, 0.3) is 5.91 Å². The van der Waals surface area contributed by atoms with Crippen molar-refractivity contribution >= 4 is 23.9 Å². The van der Waals surface area contributed by atoms with Crippen molar-refractivity contribution in [2.75, 3.05) is 39.9 Å². The van der Waals surface area contributed by atoms with E-state index >= 15 is 0 Å². The number of amides is 3. The van der Waals surface area contributed by atoms with Crippen LogP contribution in [-0.4, -0.2) is 95.2 Å². The number of ether oxygens (including phenoxy) is 3. The van der Waals surface area contributed by atoms with Gasteiger partial charge >= 0.3 is 12.1 Å². The van der Waals surface area contributed by atoms with E-state index in [1.165, 1.54) is 18.1 Å². The van der Waals surface area contributed by atoms with Gasteiger partial charge in [0.1, 0.15) is 17.3 Å². The van der Waals surface area contributed by atoms with E-state index in [1.807, 2.05) is 18.2 Å². The molecule has 1 atom stereocenters. The first-order chi connectivity index (χ1) is 19.0. The summed E-state index contributed by atoms with van der Waals surface area (Å²) in [5.41, 5.74) is 0.00889. The number of rotatable bonds is 9.